The highest BCUT2D eigenvalue weighted by Crippen LogP contribution is 2.36. The molecule has 0 aliphatic rings. The Morgan fingerprint density at radius 3 is 2.26 bits per heavy atom. The van der Waals surface area contributed by atoms with E-state index < -0.39 is 0 Å². The molecule has 0 bridgehead atoms. The van der Waals surface area contributed by atoms with Crippen molar-refractivity contribution < 1.29 is 19.1 Å². The number of amides is 2. The van der Waals surface area contributed by atoms with Gasteiger partial charge in [-0.3, -0.25) is 9.59 Å². The number of hydrogen-bond donors (Lipinski definition) is 2. The van der Waals surface area contributed by atoms with Crippen LogP contribution in [0.3, 0.4) is 0 Å². The van der Waals surface area contributed by atoms with Crippen molar-refractivity contribution in [2.45, 2.75) is 26.3 Å². The quantitative estimate of drug-likeness (QED) is 0.745. The maximum atomic E-state index is 12.6. The molecule has 1 atom stereocenters. The number of benzene rings is 2. The van der Waals surface area contributed by atoms with Crippen molar-refractivity contribution in [2.75, 3.05) is 19.5 Å². The van der Waals surface area contributed by atoms with Crippen LogP contribution in [-0.4, -0.2) is 32.1 Å². The molecule has 144 valence electrons. The van der Waals surface area contributed by atoms with Gasteiger partial charge in [0, 0.05) is 29.3 Å². The van der Waals surface area contributed by atoms with Crippen LogP contribution in [-0.2, 0) is 0 Å². The summed E-state index contributed by atoms with van der Waals surface area (Å²) < 4.78 is 10.4. The molecule has 2 amide bonds. The van der Waals surface area contributed by atoms with Crippen molar-refractivity contribution in [1.82, 2.24) is 5.32 Å². The lowest BCUT2D eigenvalue weighted by atomic mass is 10.1. The average molecular weight is 391 g/mol. The second-order valence-corrected chi connectivity index (χ2v) is 6.41. The lowest BCUT2D eigenvalue weighted by molar-refractivity contribution is 0.0939. The van der Waals surface area contributed by atoms with Gasteiger partial charge < -0.3 is 20.1 Å². The highest BCUT2D eigenvalue weighted by atomic mass is 35.5. The summed E-state index contributed by atoms with van der Waals surface area (Å²) in [4.78, 5) is 24.9. The molecule has 0 heterocycles. The van der Waals surface area contributed by atoms with E-state index in [1.807, 2.05) is 13.8 Å². The van der Waals surface area contributed by atoms with Crippen LogP contribution in [0.25, 0.3) is 0 Å². The number of carbonyl (C=O) groups excluding carboxylic acids is 2. The average Bonchev–Trinajstić information content (AvgIpc) is 2.68. The van der Waals surface area contributed by atoms with Gasteiger partial charge in [-0.25, -0.2) is 0 Å². The number of nitrogens with one attached hydrogen (secondary N) is 2. The smallest absolute Gasteiger partial charge is 0.255 e. The fourth-order valence-corrected chi connectivity index (χ4v) is 2.59. The lowest BCUT2D eigenvalue weighted by Gasteiger charge is -2.14. The minimum Gasteiger partial charge on any atom is -0.495 e. The minimum atomic E-state index is -0.379. The van der Waals surface area contributed by atoms with Gasteiger partial charge >= 0.3 is 0 Å². The number of anilines is 1. The largest absolute Gasteiger partial charge is 0.495 e. The topological polar surface area (TPSA) is 76.7 Å². The first-order valence-electron chi connectivity index (χ1n) is 8.53. The van der Waals surface area contributed by atoms with E-state index in [9.17, 15) is 9.59 Å². The second kappa shape index (κ2) is 9.28. The van der Waals surface area contributed by atoms with Crippen molar-refractivity contribution in [3.63, 3.8) is 0 Å². The lowest BCUT2D eigenvalue weighted by Crippen LogP contribution is -2.32. The monoisotopic (exact) mass is 390 g/mol. The second-order valence-electron chi connectivity index (χ2n) is 6.00. The fraction of sp³-hybridized carbons (Fsp3) is 0.300. The van der Waals surface area contributed by atoms with Crippen LogP contribution in [0, 0.1) is 0 Å². The zero-order chi connectivity index (χ0) is 20.0. The Morgan fingerprint density at radius 1 is 1.04 bits per heavy atom. The van der Waals surface area contributed by atoms with Crippen molar-refractivity contribution in [3.8, 4) is 11.5 Å². The molecule has 2 aromatic rings. The fourth-order valence-electron chi connectivity index (χ4n) is 2.36. The van der Waals surface area contributed by atoms with Crippen molar-refractivity contribution in [3.05, 3.63) is 52.5 Å². The Morgan fingerprint density at radius 2 is 1.67 bits per heavy atom. The number of halogens is 1. The summed E-state index contributed by atoms with van der Waals surface area (Å²) in [5.41, 5.74) is 1.18. The number of carbonyl (C=O) groups is 2. The number of methoxy groups -OCH3 is 2. The molecule has 0 aliphatic carbocycles. The Kier molecular flexibility index (Phi) is 7.07. The van der Waals surface area contributed by atoms with Gasteiger partial charge in [0.05, 0.1) is 24.9 Å². The van der Waals surface area contributed by atoms with E-state index in [1.165, 1.54) is 14.2 Å². The van der Waals surface area contributed by atoms with Crippen LogP contribution >= 0.6 is 11.6 Å². The molecule has 0 saturated carbocycles. The van der Waals surface area contributed by atoms with Gasteiger partial charge in [0.25, 0.3) is 11.8 Å². The van der Waals surface area contributed by atoms with Crippen LogP contribution in [0.5, 0.6) is 11.5 Å². The first-order chi connectivity index (χ1) is 12.9. The number of rotatable bonds is 7. The van der Waals surface area contributed by atoms with E-state index in [2.05, 4.69) is 10.6 Å². The molecule has 2 N–H and O–H groups in total. The molecule has 27 heavy (non-hydrogen) atoms. The summed E-state index contributed by atoms with van der Waals surface area (Å²) in [7, 11) is 2.96. The van der Waals surface area contributed by atoms with E-state index in [0.717, 1.165) is 6.42 Å². The molecule has 2 rings (SSSR count). The molecule has 6 nitrogen and oxygen atoms in total. The van der Waals surface area contributed by atoms with Crippen LogP contribution in [0.1, 0.15) is 41.0 Å². The predicted octanol–water partition coefficient (Wildman–Crippen LogP) is 4.14. The van der Waals surface area contributed by atoms with Gasteiger partial charge in [-0.2, -0.15) is 0 Å². The number of hydrogen-bond acceptors (Lipinski definition) is 4. The first-order valence-corrected chi connectivity index (χ1v) is 8.91. The van der Waals surface area contributed by atoms with E-state index in [4.69, 9.17) is 21.1 Å². The SMILES string of the molecule is CCC(C)NC(=O)c1cccc(C(=O)Nc2cc(OC)c(Cl)cc2OC)c1. The maximum absolute atomic E-state index is 12.6. The summed E-state index contributed by atoms with van der Waals surface area (Å²) in [6.45, 7) is 3.91. The Bertz CT molecular complexity index is 839. The van der Waals surface area contributed by atoms with E-state index in [-0.39, 0.29) is 17.9 Å². The van der Waals surface area contributed by atoms with Crippen LogP contribution in [0.2, 0.25) is 5.02 Å². The summed E-state index contributed by atoms with van der Waals surface area (Å²) in [6, 6.07) is 9.72. The molecule has 0 aromatic heterocycles. The summed E-state index contributed by atoms with van der Waals surface area (Å²) in [5, 5.41) is 6.01. The zero-order valence-corrected chi connectivity index (χ0v) is 16.5. The van der Waals surface area contributed by atoms with Gasteiger partial charge in [0.15, 0.2) is 0 Å². The molecule has 1 unspecified atom stereocenters. The van der Waals surface area contributed by atoms with E-state index in [1.54, 1.807) is 36.4 Å². The normalized spacial score (nSPS) is 11.4. The van der Waals surface area contributed by atoms with Gasteiger partial charge in [0.2, 0.25) is 0 Å². The molecule has 0 saturated heterocycles. The van der Waals surface area contributed by atoms with Gasteiger partial charge in [-0.15, -0.1) is 0 Å². The molecular formula is C20H23ClN2O4. The Balaban J connectivity index is 2.24. The molecule has 0 aliphatic heterocycles. The predicted molar refractivity (Wildman–Crippen MR) is 106 cm³/mol. The zero-order valence-electron chi connectivity index (χ0n) is 15.8. The molecule has 0 spiro atoms. The Hall–Kier alpha value is -2.73. The highest BCUT2D eigenvalue weighted by Gasteiger charge is 2.15. The van der Waals surface area contributed by atoms with Crippen molar-refractivity contribution in [2.24, 2.45) is 0 Å². The molecule has 0 radical (unpaired) electrons. The summed E-state index contributed by atoms with van der Waals surface area (Å²) in [5.74, 6) is 0.217. The summed E-state index contributed by atoms with van der Waals surface area (Å²) in [6.07, 6.45) is 0.824. The van der Waals surface area contributed by atoms with E-state index in [0.29, 0.717) is 33.3 Å². The standard InChI is InChI=1S/C20H23ClN2O4/c1-5-12(2)22-19(24)13-7-6-8-14(9-13)20(25)23-16-11-17(26-3)15(21)10-18(16)27-4/h6-12H,5H2,1-4H3,(H,22,24)(H,23,25). The van der Waals surface area contributed by atoms with Crippen LogP contribution in [0.15, 0.2) is 36.4 Å². The van der Waals surface area contributed by atoms with Crippen LogP contribution < -0.4 is 20.1 Å². The van der Waals surface area contributed by atoms with Gasteiger partial charge in [-0.05, 0) is 31.5 Å². The van der Waals surface area contributed by atoms with Crippen molar-refractivity contribution >= 4 is 29.1 Å². The molecule has 2 aromatic carbocycles. The van der Waals surface area contributed by atoms with Gasteiger partial charge in [-0.1, -0.05) is 24.6 Å². The molecule has 7 heteroatoms. The third-order valence-corrected chi connectivity index (χ3v) is 4.39. The molecular weight excluding hydrogens is 368 g/mol. The third kappa shape index (κ3) is 5.14. The minimum absolute atomic E-state index is 0.0563. The Labute approximate surface area is 163 Å². The molecule has 0 fully saturated rings. The highest BCUT2D eigenvalue weighted by molar-refractivity contribution is 6.32. The van der Waals surface area contributed by atoms with Crippen LogP contribution in [0.4, 0.5) is 5.69 Å². The van der Waals surface area contributed by atoms with Gasteiger partial charge in [0.1, 0.15) is 11.5 Å². The first kappa shape index (κ1) is 20.6. The summed E-state index contributed by atoms with van der Waals surface area (Å²) >= 11 is 6.08. The third-order valence-electron chi connectivity index (χ3n) is 4.10. The maximum Gasteiger partial charge on any atom is 0.255 e. The van der Waals surface area contributed by atoms with Crippen molar-refractivity contribution in [1.29, 1.82) is 0 Å². The number of ether oxygens (including phenoxy) is 2. The van der Waals surface area contributed by atoms with E-state index >= 15 is 0 Å².